The third-order valence-corrected chi connectivity index (χ3v) is 3.97. The maximum Gasteiger partial charge on any atom is 0.259 e. The summed E-state index contributed by atoms with van der Waals surface area (Å²) >= 11 is 3.37. The van der Waals surface area contributed by atoms with Crippen LogP contribution in [0.2, 0.25) is 0 Å². The van der Waals surface area contributed by atoms with Crippen LogP contribution in [-0.2, 0) is 0 Å². The van der Waals surface area contributed by atoms with Crippen molar-refractivity contribution in [3.05, 3.63) is 70.3 Å². The lowest BCUT2D eigenvalue weighted by molar-refractivity contribution is 0.102. The first kappa shape index (κ1) is 14.5. The van der Waals surface area contributed by atoms with Crippen molar-refractivity contribution in [2.24, 2.45) is 0 Å². The van der Waals surface area contributed by atoms with E-state index in [2.05, 4.69) is 26.4 Å². The Morgan fingerprint density at radius 2 is 1.86 bits per heavy atom. The van der Waals surface area contributed by atoms with E-state index in [1.807, 2.05) is 43.3 Å². The summed E-state index contributed by atoms with van der Waals surface area (Å²) in [5.41, 5.74) is 3.39. The topological polar surface area (TPSA) is 55.1 Å². The number of halogens is 1. The summed E-state index contributed by atoms with van der Waals surface area (Å²) in [6.07, 6.45) is 1.60. The summed E-state index contributed by atoms with van der Waals surface area (Å²) in [5.74, 6) is 0.0854. The highest BCUT2D eigenvalue weighted by molar-refractivity contribution is 9.10. The minimum Gasteiger partial charge on any atom is -0.338 e. The van der Waals surface area contributed by atoms with Gasteiger partial charge in [-0.2, -0.15) is 0 Å². The van der Waals surface area contributed by atoms with E-state index in [1.165, 1.54) is 5.56 Å². The van der Waals surface area contributed by atoms with Gasteiger partial charge in [0.2, 0.25) is 5.88 Å². The molecular formula is C17H13BrN2O2. The van der Waals surface area contributed by atoms with Crippen molar-refractivity contribution in [3.8, 4) is 11.1 Å². The Morgan fingerprint density at radius 1 is 1.14 bits per heavy atom. The number of nitrogens with one attached hydrogen (secondary N) is 1. The molecule has 0 fully saturated rings. The molecule has 4 nitrogen and oxygen atoms in total. The first-order valence-electron chi connectivity index (χ1n) is 6.73. The summed E-state index contributed by atoms with van der Waals surface area (Å²) in [5, 5.41) is 6.55. The molecule has 0 spiro atoms. The number of aromatic nitrogens is 1. The van der Waals surface area contributed by atoms with Crippen LogP contribution in [-0.4, -0.2) is 11.1 Å². The van der Waals surface area contributed by atoms with Gasteiger partial charge in [0, 0.05) is 4.47 Å². The molecule has 0 saturated heterocycles. The zero-order valence-electron chi connectivity index (χ0n) is 11.8. The van der Waals surface area contributed by atoms with Gasteiger partial charge in [0.15, 0.2) is 0 Å². The van der Waals surface area contributed by atoms with Gasteiger partial charge in [0.1, 0.15) is 0 Å². The van der Waals surface area contributed by atoms with E-state index in [0.29, 0.717) is 11.4 Å². The number of nitrogens with zero attached hydrogens (tertiary/aromatic N) is 1. The highest BCUT2D eigenvalue weighted by Gasteiger charge is 2.16. The Balaban J connectivity index is 1.88. The van der Waals surface area contributed by atoms with Crippen molar-refractivity contribution in [2.45, 2.75) is 6.92 Å². The number of anilines is 1. The van der Waals surface area contributed by atoms with Gasteiger partial charge in [-0.1, -0.05) is 47.1 Å². The number of rotatable bonds is 3. The maximum absolute atomic E-state index is 12.3. The Hall–Kier alpha value is -2.40. The van der Waals surface area contributed by atoms with Gasteiger partial charge in [0.25, 0.3) is 5.91 Å². The maximum atomic E-state index is 12.3. The number of hydrogen-bond acceptors (Lipinski definition) is 3. The van der Waals surface area contributed by atoms with Crippen LogP contribution in [0.3, 0.4) is 0 Å². The van der Waals surface area contributed by atoms with Crippen molar-refractivity contribution < 1.29 is 9.32 Å². The average molecular weight is 357 g/mol. The normalized spacial score (nSPS) is 10.5. The van der Waals surface area contributed by atoms with Crippen molar-refractivity contribution >= 4 is 27.7 Å². The molecule has 0 saturated carbocycles. The summed E-state index contributed by atoms with van der Waals surface area (Å²) in [4.78, 5) is 12.3. The summed E-state index contributed by atoms with van der Waals surface area (Å²) in [7, 11) is 0. The third kappa shape index (κ3) is 2.94. The molecule has 110 valence electrons. The number of carbonyl (C=O) groups excluding carboxylic acids is 1. The Labute approximate surface area is 136 Å². The van der Waals surface area contributed by atoms with Crippen molar-refractivity contribution in [1.29, 1.82) is 0 Å². The van der Waals surface area contributed by atoms with Crippen LogP contribution in [0.25, 0.3) is 11.1 Å². The van der Waals surface area contributed by atoms with Gasteiger partial charge in [-0.15, -0.1) is 0 Å². The smallest absolute Gasteiger partial charge is 0.259 e. The SMILES string of the molecule is Cc1ccc(-c2cnoc2NC(=O)c2ccccc2Br)cc1. The predicted molar refractivity (Wildman–Crippen MR) is 88.8 cm³/mol. The van der Waals surface area contributed by atoms with E-state index >= 15 is 0 Å². The number of amides is 1. The lowest BCUT2D eigenvalue weighted by Crippen LogP contribution is -2.12. The zero-order valence-corrected chi connectivity index (χ0v) is 13.4. The van der Waals surface area contributed by atoms with Crippen LogP contribution in [0, 0.1) is 6.92 Å². The van der Waals surface area contributed by atoms with Gasteiger partial charge in [-0.25, -0.2) is 0 Å². The molecule has 3 aromatic rings. The van der Waals surface area contributed by atoms with Crippen LogP contribution < -0.4 is 5.32 Å². The van der Waals surface area contributed by atoms with E-state index in [1.54, 1.807) is 18.3 Å². The number of benzene rings is 2. The molecule has 1 amide bonds. The second kappa shape index (κ2) is 6.15. The first-order chi connectivity index (χ1) is 10.6. The summed E-state index contributed by atoms with van der Waals surface area (Å²) < 4.78 is 5.91. The van der Waals surface area contributed by atoms with Crippen molar-refractivity contribution in [2.75, 3.05) is 5.32 Å². The number of carbonyl (C=O) groups is 1. The molecule has 1 aromatic heterocycles. The molecule has 0 aliphatic carbocycles. The lowest BCUT2D eigenvalue weighted by Gasteiger charge is -2.06. The van der Waals surface area contributed by atoms with E-state index in [0.717, 1.165) is 15.6 Å². The second-order valence-corrected chi connectivity index (χ2v) is 5.72. The van der Waals surface area contributed by atoms with Crippen LogP contribution in [0.4, 0.5) is 5.88 Å². The molecule has 3 rings (SSSR count). The minimum absolute atomic E-state index is 0.252. The molecule has 0 aliphatic heterocycles. The van der Waals surface area contributed by atoms with Crippen LogP contribution in [0.5, 0.6) is 0 Å². The fourth-order valence-electron chi connectivity index (χ4n) is 2.08. The molecule has 5 heteroatoms. The van der Waals surface area contributed by atoms with Crippen molar-refractivity contribution in [1.82, 2.24) is 5.16 Å². The molecule has 1 N–H and O–H groups in total. The largest absolute Gasteiger partial charge is 0.338 e. The number of hydrogen-bond donors (Lipinski definition) is 1. The molecule has 0 aliphatic rings. The zero-order chi connectivity index (χ0) is 15.5. The van der Waals surface area contributed by atoms with Gasteiger partial charge >= 0.3 is 0 Å². The molecule has 0 bridgehead atoms. The monoisotopic (exact) mass is 356 g/mol. The first-order valence-corrected chi connectivity index (χ1v) is 7.52. The fourth-order valence-corrected chi connectivity index (χ4v) is 2.55. The van der Waals surface area contributed by atoms with Gasteiger partial charge in [-0.3, -0.25) is 10.1 Å². The van der Waals surface area contributed by atoms with Gasteiger partial charge in [-0.05, 0) is 40.5 Å². The van der Waals surface area contributed by atoms with Crippen LogP contribution >= 0.6 is 15.9 Å². The molecule has 0 atom stereocenters. The molecule has 2 aromatic carbocycles. The van der Waals surface area contributed by atoms with Gasteiger partial charge in [0.05, 0.1) is 17.3 Å². The third-order valence-electron chi connectivity index (χ3n) is 3.28. The Kier molecular flexibility index (Phi) is 4.06. The molecule has 1 heterocycles. The average Bonchev–Trinajstić information content (AvgIpc) is 2.96. The molecule has 0 radical (unpaired) electrons. The standard InChI is InChI=1S/C17H13BrN2O2/c1-11-6-8-12(9-7-11)14-10-19-22-17(14)20-16(21)13-4-2-3-5-15(13)18/h2-10H,1H3,(H,20,21). The Morgan fingerprint density at radius 3 is 2.59 bits per heavy atom. The lowest BCUT2D eigenvalue weighted by atomic mass is 10.1. The fraction of sp³-hybridized carbons (Fsp3) is 0.0588. The van der Waals surface area contributed by atoms with Crippen LogP contribution in [0.1, 0.15) is 15.9 Å². The molecular weight excluding hydrogens is 344 g/mol. The quantitative estimate of drug-likeness (QED) is 0.741. The second-order valence-electron chi connectivity index (χ2n) is 4.87. The predicted octanol–water partition coefficient (Wildman–Crippen LogP) is 4.66. The van der Waals surface area contributed by atoms with Gasteiger partial charge < -0.3 is 4.52 Å². The molecule has 0 unspecified atom stereocenters. The summed E-state index contributed by atoms with van der Waals surface area (Å²) in [6, 6.07) is 15.2. The van der Waals surface area contributed by atoms with E-state index in [-0.39, 0.29) is 5.91 Å². The highest BCUT2D eigenvalue weighted by atomic mass is 79.9. The summed E-state index contributed by atoms with van der Waals surface area (Å²) in [6.45, 7) is 2.02. The van der Waals surface area contributed by atoms with Crippen molar-refractivity contribution in [3.63, 3.8) is 0 Å². The van der Waals surface area contributed by atoms with E-state index < -0.39 is 0 Å². The Bertz CT molecular complexity index is 810. The van der Waals surface area contributed by atoms with E-state index in [4.69, 9.17) is 4.52 Å². The molecule has 22 heavy (non-hydrogen) atoms. The highest BCUT2D eigenvalue weighted by Crippen LogP contribution is 2.28. The van der Waals surface area contributed by atoms with E-state index in [9.17, 15) is 4.79 Å². The van der Waals surface area contributed by atoms with Crippen LogP contribution in [0.15, 0.2) is 63.7 Å². The minimum atomic E-state index is -0.252. The number of aryl methyl sites for hydroxylation is 1.